The number of carboxylic acid groups (broad SMARTS) is 1. The van der Waals surface area contributed by atoms with Gasteiger partial charge in [0, 0.05) is 13.0 Å². The number of benzene rings is 1. The van der Waals surface area contributed by atoms with E-state index in [0.29, 0.717) is 5.56 Å². The van der Waals surface area contributed by atoms with Gasteiger partial charge < -0.3 is 9.67 Å². The highest BCUT2D eigenvalue weighted by Crippen LogP contribution is 2.20. The van der Waals surface area contributed by atoms with Crippen LogP contribution in [0.1, 0.15) is 35.9 Å². The molecule has 0 atom stereocenters. The molecular formula is C15H20N2O2S. The van der Waals surface area contributed by atoms with Crippen LogP contribution in [0.3, 0.4) is 0 Å². The molecular weight excluding hydrogens is 272 g/mol. The number of aryl methyl sites for hydroxylation is 2. The van der Waals surface area contributed by atoms with Crippen molar-refractivity contribution < 1.29 is 9.90 Å². The van der Waals surface area contributed by atoms with Crippen molar-refractivity contribution in [2.75, 3.05) is 12.0 Å². The highest BCUT2D eigenvalue weighted by atomic mass is 32.2. The maximum absolute atomic E-state index is 11.0. The highest BCUT2D eigenvalue weighted by Gasteiger charge is 2.12. The van der Waals surface area contributed by atoms with E-state index in [1.165, 1.54) is 0 Å². The summed E-state index contributed by atoms with van der Waals surface area (Å²) >= 11 is 1.84. The van der Waals surface area contributed by atoms with Crippen molar-refractivity contribution in [3.63, 3.8) is 0 Å². The largest absolute Gasteiger partial charge is 0.478 e. The molecule has 1 N–H and O–H groups in total. The molecule has 5 heteroatoms. The Bertz CT molecular complexity index is 607. The summed E-state index contributed by atoms with van der Waals surface area (Å²) in [6.07, 6.45) is 5.18. The number of aromatic nitrogens is 2. The first-order chi connectivity index (χ1) is 9.67. The van der Waals surface area contributed by atoms with Crippen LogP contribution in [0.4, 0.5) is 0 Å². The van der Waals surface area contributed by atoms with Gasteiger partial charge in [0.15, 0.2) is 0 Å². The first-order valence-corrected chi connectivity index (χ1v) is 8.28. The molecule has 0 unspecified atom stereocenters. The lowest BCUT2D eigenvalue weighted by atomic mass is 10.2. The van der Waals surface area contributed by atoms with Crippen molar-refractivity contribution in [3.8, 4) is 0 Å². The first kappa shape index (κ1) is 14.9. The van der Waals surface area contributed by atoms with Crippen LogP contribution in [-0.2, 0) is 13.0 Å². The van der Waals surface area contributed by atoms with E-state index in [4.69, 9.17) is 5.11 Å². The Balaban J connectivity index is 2.40. The Morgan fingerprint density at radius 3 is 2.90 bits per heavy atom. The van der Waals surface area contributed by atoms with Gasteiger partial charge in [-0.1, -0.05) is 6.92 Å². The first-order valence-electron chi connectivity index (χ1n) is 6.88. The van der Waals surface area contributed by atoms with E-state index in [2.05, 4.69) is 22.7 Å². The van der Waals surface area contributed by atoms with Crippen LogP contribution in [0.25, 0.3) is 11.0 Å². The zero-order valence-corrected chi connectivity index (χ0v) is 12.7. The molecule has 2 rings (SSSR count). The molecule has 0 aliphatic heterocycles. The maximum atomic E-state index is 11.0. The standard InChI is InChI=1S/C15H20N2O2S/c1-3-5-14-16-12-10-11(15(18)19)6-7-13(12)17(14)8-4-9-20-2/h6-7,10H,3-5,8-9H2,1-2H3,(H,18,19). The lowest BCUT2D eigenvalue weighted by Gasteiger charge is -2.08. The number of rotatable bonds is 7. The fourth-order valence-electron chi connectivity index (χ4n) is 2.34. The molecule has 1 heterocycles. The molecule has 4 nitrogen and oxygen atoms in total. The summed E-state index contributed by atoms with van der Waals surface area (Å²) in [5.74, 6) is 1.28. The van der Waals surface area contributed by atoms with Gasteiger partial charge in [0.05, 0.1) is 16.6 Å². The Labute approximate surface area is 123 Å². The summed E-state index contributed by atoms with van der Waals surface area (Å²) in [7, 11) is 0. The van der Waals surface area contributed by atoms with Crippen LogP contribution in [-0.4, -0.2) is 32.6 Å². The Morgan fingerprint density at radius 2 is 2.25 bits per heavy atom. The number of imidazole rings is 1. The number of carbonyl (C=O) groups is 1. The zero-order chi connectivity index (χ0) is 14.5. The lowest BCUT2D eigenvalue weighted by Crippen LogP contribution is -2.05. The minimum Gasteiger partial charge on any atom is -0.478 e. The molecule has 2 aromatic rings. The van der Waals surface area contributed by atoms with Crippen LogP contribution in [0, 0.1) is 0 Å². The molecule has 0 aliphatic rings. The minimum atomic E-state index is -0.902. The number of hydrogen-bond acceptors (Lipinski definition) is 3. The van der Waals surface area contributed by atoms with E-state index in [-0.39, 0.29) is 0 Å². The van der Waals surface area contributed by atoms with Crippen molar-refractivity contribution >= 4 is 28.8 Å². The Kier molecular flexibility index (Phi) is 5.06. The molecule has 0 saturated heterocycles. The third-order valence-electron chi connectivity index (χ3n) is 3.28. The van der Waals surface area contributed by atoms with E-state index < -0.39 is 5.97 Å². The van der Waals surface area contributed by atoms with E-state index in [0.717, 1.165) is 48.4 Å². The van der Waals surface area contributed by atoms with Crippen molar-refractivity contribution in [1.82, 2.24) is 9.55 Å². The maximum Gasteiger partial charge on any atom is 0.335 e. The van der Waals surface area contributed by atoms with Gasteiger partial charge in [-0.15, -0.1) is 0 Å². The van der Waals surface area contributed by atoms with Crippen molar-refractivity contribution in [3.05, 3.63) is 29.6 Å². The second-order valence-corrected chi connectivity index (χ2v) is 5.77. The van der Waals surface area contributed by atoms with E-state index in [1.54, 1.807) is 12.1 Å². The second kappa shape index (κ2) is 6.79. The summed E-state index contributed by atoms with van der Waals surface area (Å²) in [6, 6.07) is 5.21. The van der Waals surface area contributed by atoms with Crippen molar-refractivity contribution in [2.24, 2.45) is 0 Å². The third kappa shape index (κ3) is 3.15. The van der Waals surface area contributed by atoms with Crippen molar-refractivity contribution in [2.45, 2.75) is 32.7 Å². The predicted molar refractivity (Wildman–Crippen MR) is 83.7 cm³/mol. The normalized spacial score (nSPS) is 11.1. The average molecular weight is 292 g/mol. The van der Waals surface area contributed by atoms with Gasteiger partial charge in [0.25, 0.3) is 0 Å². The molecule has 20 heavy (non-hydrogen) atoms. The molecule has 1 aromatic carbocycles. The fraction of sp³-hybridized carbons (Fsp3) is 0.467. The van der Waals surface area contributed by atoms with Crippen LogP contribution in [0.5, 0.6) is 0 Å². The summed E-state index contributed by atoms with van der Waals surface area (Å²) in [5.41, 5.74) is 2.13. The Morgan fingerprint density at radius 1 is 1.45 bits per heavy atom. The second-order valence-electron chi connectivity index (χ2n) is 4.78. The topological polar surface area (TPSA) is 55.1 Å². The SMILES string of the molecule is CCCc1nc2cc(C(=O)O)ccc2n1CCCSC. The smallest absolute Gasteiger partial charge is 0.335 e. The quantitative estimate of drug-likeness (QED) is 0.794. The number of fused-ring (bicyclic) bond motifs is 1. The number of hydrogen-bond donors (Lipinski definition) is 1. The average Bonchev–Trinajstić information content (AvgIpc) is 2.76. The zero-order valence-electron chi connectivity index (χ0n) is 11.9. The third-order valence-corrected chi connectivity index (χ3v) is 3.97. The molecule has 0 saturated carbocycles. The monoisotopic (exact) mass is 292 g/mol. The van der Waals surface area contributed by atoms with Crippen molar-refractivity contribution in [1.29, 1.82) is 0 Å². The molecule has 0 spiro atoms. The van der Waals surface area contributed by atoms with Crippen LogP contribution >= 0.6 is 11.8 Å². The van der Waals surface area contributed by atoms with Gasteiger partial charge in [0.1, 0.15) is 5.82 Å². The van der Waals surface area contributed by atoms with Gasteiger partial charge in [-0.05, 0) is 43.0 Å². The molecule has 0 bridgehead atoms. The summed E-state index contributed by atoms with van der Waals surface area (Å²) in [6.45, 7) is 3.08. The number of nitrogens with zero attached hydrogens (tertiary/aromatic N) is 2. The highest BCUT2D eigenvalue weighted by molar-refractivity contribution is 7.98. The van der Waals surface area contributed by atoms with E-state index in [1.807, 2.05) is 17.8 Å². The van der Waals surface area contributed by atoms with E-state index >= 15 is 0 Å². The van der Waals surface area contributed by atoms with Gasteiger partial charge in [-0.2, -0.15) is 11.8 Å². The molecule has 0 radical (unpaired) electrons. The summed E-state index contributed by atoms with van der Waals surface area (Å²) < 4.78 is 2.24. The molecule has 0 fully saturated rings. The van der Waals surface area contributed by atoms with Gasteiger partial charge in [-0.3, -0.25) is 0 Å². The molecule has 1 aromatic heterocycles. The van der Waals surface area contributed by atoms with Crippen LogP contribution in [0.2, 0.25) is 0 Å². The number of aromatic carboxylic acids is 1. The summed E-state index contributed by atoms with van der Waals surface area (Å²) in [4.78, 5) is 15.7. The molecule has 108 valence electrons. The summed E-state index contributed by atoms with van der Waals surface area (Å²) in [5, 5.41) is 9.06. The lowest BCUT2D eigenvalue weighted by molar-refractivity contribution is 0.0697. The van der Waals surface area contributed by atoms with E-state index in [9.17, 15) is 4.79 Å². The number of thioether (sulfide) groups is 1. The van der Waals surface area contributed by atoms with Gasteiger partial charge in [0.2, 0.25) is 0 Å². The predicted octanol–water partition coefficient (Wildman–Crippen LogP) is 3.44. The number of carboxylic acids is 1. The van der Waals surface area contributed by atoms with Crippen LogP contribution in [0.15, 0.2) is 18.2 Å². The minimum absolute atomic E-state index is 0.300. The molecule has 0 aliphatic carbocycles. The van der Waals surface area contributed by atoms with Crippen LogP contribution < -0.4 is 0 Å². The Hall–Kier alpha value is -1.49. The van der Waals surface area contributed by atoms with Gasteiger partial charge in [-0.25, -0.2) is 9.78 Å². The van der Waals surface area contributed by atoms with Gasteiger partial charge >= 0.3 is 5.97 Å². The fourth-order valence-corrected chi connectivity index (χ4v) is 2.76. The molecule has 0 amide bonds.